The van der Waals surface area contributed by atoms with Crippen LogP contribution in [0.2, 0.25) is 0 Å². The van der Waals surface area contributed by atoms with Crippen LogP contribution < -0.4 is 10.4 Å². The standard InChI is InChI=1S/C20H18F3N3O5/c1-3-30-18(28)16-10-24-9-8-13(16)11-25-12(2)17(27)26(19(25)29)14-4-6-15(7-5-14)31-20(21,22)23/h4-10,27H,3,11H2,1-2H3. The number of halogens is 3. The van der Waals surface area contributed by atoms with Gasteiger partial charge in [-0.2, -0.15) is 0 Å². The number of carbonyl (C=O) groups is 1. The van der Waals surface area contributed by atoms with Gasteiger partial charge in [-0.05, 0) is 49.7 Å². The highest BCUT2D eigenvalue weighted by molar-refractivity contribution is 5.90. The molecule has 0 radical (unpaired) electrons. The second-order valence-electron chi connectivity index (χ2n) is 6.41. The fourth-order valence-electron chi connectivity index (χ4n) is 2.98. The molecule has 164 valence electrons. The van der Waals surface area contributed by atoms with E-state index in [0.29, 0.717) is 5.56 Å². The third-order valence-electron chi connectivity index (χ3n) is 4.43. The first-order valence-corrected chi connectivity index (χ1v) is 9.09. The van der Waals surface area contributed by atoms with Crippen LogP contribution >= 0.6 is 0 Å². The Kier molecular flexibility index (Phi) is 6.04. The van der Waals surface area contributed by atoms with Crippen molar-refractivity contribution in [3.05, 3.63) is 70.0 Å². The van der Waals surface area contributed by atoms with E-state index in [4.69, 9.17) is 4.74 Å². The molecule has 0 saturated carbocycles. The largest absolute Gasteiger partial charge is 0.573 e. The maximum Gasteiger partial charge on any atom is 0.573 e. The molecule has 0 saturated heterocycles. The summed E-state index contributed by atoms with van der Waals surface area (Å²) in [5, 5.41) is 10.5. The van der Waals surface area contributed by atoms with Gasteiger partial charge in [0.1, 0.15) is 5.75 Å². The summed E-state index contributed by atoms with van der Waals surface area (Å²) < 4.78 is 48.0. The maximum atomic E-state index is 13.0. The molecule has 8 nitrogen and oxygen atoms in total. The number of hydrogen-bond donors (Lipinski definition) is 1. The molecule has 0 aliphatic carbocycles. The van der Waals surface area contributed by atoms with Crippen LogP contribution in [-0.2, 0) is 11.3 Å². The number of nitrogens with zero attached hydrogens (tertiary/aromatic N) is 3. The van der Waals surface area contributed by atoms with Crippen molar-refractivity contribution in [1.82, 2.24) is 14.1 Å². The average molecular weight is 437 g/mol. The second-order valence-corrected chi connectivity index (χ2v) is 6.41. The van der Waals surface area contributed by atoms with E-state index in [2.05, 4.69) is 9.72 Å². The number of aromatic nitrogens is 3. The molecule has 0 bridgehead atoms. The highest BCUT2D eigenvalue weighted by Gasteiger charge is 2.31. The number of aromatic hydroxyl groups is 1. The first-order valence-electron chi connectivity index (χ1n) is 9.09. The Balaban J connectivity index is 1.98. The number of rotatable bonds is 6. The Labute approximate surface area is 174 Å². The Morgan fingerprint density at radius 1 is 1.19 bits per heavy atom. The minimum atomic E-state index is -4.85. The topological polar surface area (TPSA) is 95.6 Å². The smallest absolute Gasteiger partial charge is 0.493 e. The lowest BCUT2D eigenvalue weighted by atomic mass is 10.1. The molecule has 1 N–H and O–H groups in total. The van der Waals surface area contributed by atoms with Crippen LogP contribution in [0.5, 0.6) is 11.6 Å². The van der Waals surface area contributed by atoms with Gasteiger partial charge in [-0.3, -0.25) is 9.55 Å². The predicted molar refractivity (Wildman–Crippen MR) is 102 cm³/mol. The quantitative estimate of drug-likeness (QED) is 0.596. The van der Waals surface area contributed by atoms with Crippen molar-refractivity contribution in [2.75, 3.05) is 6.61 Å². The number of benzene rings is 1. The number of imidazole rings is 1. The lowest BCUT2D eigenvalue weighted by Crippen LogP contribution is -2.25. The van der Waals surface area contributed by atoms with Crippen LogP contribution in [0, 0.1) is 6.92 Å². The molecule has 2 aromatic heterocycles. The van der Waals surface area contributed by atoms with Crippen LogP contribution in [0.15, 0.2) is 47.5 Å². The van der Waals surface area contributed by atoms with E-state index < -0.39 is 23.8 Å². The molecule has 0 fully saturated rings. The fraction of sp³-hybridized carbons (Fsp3) is 0.250. The Hall–Kier alpha value is -3.76. The summed E-state index contributed by atoms with van der Waals surface area (Å²) in [6.07, 6.45) is -2.07. The lowest BCUT2D eigenvalue weighted by molar-refractivity contribution is -0.274. The van der Waals surface area contributed by atoms with Crippen LogP contribution in [0.3, 0.4) is 0 Å². The third-order valence-corrected chi connectivity index (χ3v) is 4.43. The molecule has 0 atom stereocenters. The Morgan fingerprint density at radius 3 is 2.48 bits per heavy atom. The lowest BCUT2D eigenvalue weighted by Gasteiger charge is -2.10. The monoisotopic (exact) mass is 437 g/mol. The zero-order valence-corrected chi connectivity index (χ0v) is 16.5. The van der Waals surface area contributed by atoms with E-state index in [9.17, 15) is 27.9 Å². The number of hydrogen-bond acceptors (Lipinski definition) is 6. The van der Waals surface area contributed by atoms with Gasteiger partial charge in [0.2, 0.25) is 5.88 Å². The van der Waals surface area contributed by atoms with E-state index >= 15 is 0 Å². The van der Waals surface area contributed by atoms with Crippen molar-refractivity contribution in [1.29, 1.82) is 0 Å². The van der Waals surface area contributed by atoms with E-state index in [-0.39, 0.29) is 36.0 Å². The number of esters is 1. The molecule has 0 aliphatic heterocycles. The fourth-order valence-corrected chi connectivity index (χ4v) is 2.98. The Morgan fingerprint density at radius 2 is 1.87 bits per heavy atom. The average Bonchev–Trinajstić information content (AvgIpc) is 2.91. The molecule has 3 rings (SSSR count). The Bertz CT molecular complexity index is 1150. The van der Waals surface area contributed by atoms with Crippen molar-refractivity contribution in [2.45, 2.75) is 26.8 Å². The molecule has 0 aliphatic rings. The highest BCUT2D eigenvalue weighted by atomic mass is 19.4. The van der Waals surface area contributed by atoms with E-state index in [1.807, 2.05) is 0 Å². The van der Waals surface area contributed by atoms with E-state index in [1.54, 1.807) is 13.0 Å². The van der Waals surface area contributed by atoms with Crippen molar-refractivity contribution in [2.24, 2.45) is 0 Å². The van der Waals surface area contributed by atoms with E-state index in [0.717, 1.165) is 16.7 Å². The van der Waals surface area contributed by atoms with Gasteiger partial charge in [0.15, 0.2) is 0 Å². The minimum absolute atomic E-state index is 0.0584. The molecule has 2 heterocycles. The molecule has 0 unspecified atom stereocenters. The van der Waals surface area contributed by atoms with Gasteiger partial charge in [0.25, 0.3) is 0 Å². The first-order chi connectivity index (χ1) is 14.6. The number of pyridine rings is 1. The van der Waals surface area contributed by atoms with Crippen LogP contribution in [0.4, 0.5) is 13.2 Å². The molecule has 3 aromatic rings. The number of alkyl halides is 3. The summed E-state index contributed by atoms with van der Waals surface area (Å²) in [6.45, 7) is 3.26. The molecule has 11 heteroatoms. The summed E-state index contributed by atoms with van der Waals surface area (Å²) in [6, 6.07) is 6.03. The highest BCUT2D eigenvalue weighted by Crippen LogP contribution is 2.26. The minimum Gasteiger partial charge on any atom is -0.493 e. The molecule has 0 amide bonds. The number of carbonyl (C=O) groups excluding carboxylic acids is 1. The zero-order valence-electron chi connectivity index (χ0n) is 16.5. The van der Waals surface area contributed by atoms with Gasteiger partial charge in [-0.1, -0.05) is 0 Å². The molecular formula is C20H18F3N3O5. The van der Waals surface area contributed by atoms with Gasteiger partial charge >= 0.3 is 18.0 Å². The molecule has 1 aromatic carbocycles. The van der Waals surface area contributed by atoms with Gasteiger partial charge in [0.05, 0.1) is 30.1 Å². The SMILES string of the molecule is CCOC(=O)c1cnccc1Cn1c(C)c(O)n(-c2ccc(OC(F)(F)F)cc2)c1=O. The normalized spacial score (nSPS) is 11.4. The van der Waals surface area contributed by atoms with Crippen molar-refractivity contribution < 1.29 is 32.5 Å². The predicted octanol–water partition coefficient (Wildman–Crippen LogP) is 3.17. The molecule has 31 heavy (non-hydrogen) atoms. The number of ether oxygens (including phenoxy) is 2. The summed E-state index contributed by atoms with van der Waals surface area (Å²) in [7, 11) is 0. The van der Waals surface area contributed by atoms with Gasteiger partial charge in [-0.15, -0.1) is 13.2 Å². The van der Waals surface area contributed by atoms with Crippen LogP contribution in [-0.4, -0.2) is 38.2 Å². The maximum absolute atomic E-state index is 13.0. The van der Waals surface area contributed by atoms with Crippen LogP contribution in [0.1, 0.15) is 28.5 Å². The van der Waals surface area contributed by atoms with Crippen molar-refractivity contribution in [3.63, 3.8) is 0 Å². The van der Waals surface area contributed by atoms with Crippen molar-refractivity contribution >= 4 is 5.97 Å². The van der Waals surface area contributed by atoms with Gasteiger partial charge in [0, 0.05) is 12.4 Å². The van der Waals surface area contributed by atoms with E-state index in [1.165, 1.54) is 36.0 Å². The summed E-state index contributed by atoms with van der Waals surface area (Å²) in [5.41, 5.74) is 0.318. The summed E-state index contributed by atoms with van der Waals surface area (Å²) in [5.74, 6) is -1.45. The van der Waals surface area contributed by atoms with Crippen LogP contribution in [0.25, 0.3) is 5.69 Å². The second kappa shape index (κ2) is 8.54. The van der Waals surface area contributed by atoms with Crippen molar-refractivity contribution in [3.8, 4) is 17.3 Å². The third kappa shape index (κ3) is 4.71. The first kappa shape index (κ1) is 21.9. The summed E-state index contributed by atoms with van der Waals surface area (Å²) >= 11 is 0. The van der Waals surface area contributed by atoms with Gasteiger partial charge in [-0.25, -0.2) is 14.2 Å². The molecule has 0 spiro atoms. The zero-order chi connectivity index (χ0) is 22.8. The van der Waals surface area contributed by atoms with Gasteiger partial charge < -0.3 is 14.6 Å². The molecular weight excluding hydrogens is 419 g/mol. The summed E-state index contributed by atoms with van der Waals surface area (Å²) in [4.78, 5) is 29.0.